The molecule has 2 rings (SSSR count). The summed E-state index contributed by atoms with van der Waals surface area (Å²) in [6.45, 7) is 3.76. The molecule has 100 valence electrons. The largest absolute Gasteiger partial charge is 0.331 e. The molecule has 1 aliphatic heterocycles. The normalized spacial score (nSPS) is 34.9. The van der Waals surface area contributed by atoms with Crippen molar-refractivity contribution in [3.05, 3.63) is 0 Å². The molecule has 1 unspecified atom stereocenters. The van der Waals surface area contributed by atoms with Gasteiger partial charge in [0.05, 0.1) is 11.8 Å². The van der Waals surface area contributed by atoms with Crippen LogP contribution in [0.5, 0.6) is 0 Å². The fourth-order valence-electron chi connectivity index (χ4n) is 3.37. The number of likely N-dealkylation sites (tertiary alicyclic amines) is 1. The number of aliphatic imine (C=N–C) groups is 1. The molecule has 0 aromatic carbocycles. The summed E-state index contributed by atoms with van der Waals surface area (Å²) in [7, 11) is 3.57. The number of fused-ring (bicyclic) bond motifs is 1. The third kappa shape index (κ3) is 2.40. The summed E-state index contributed by atoms with van der Waals surface area (Å²) < 4.78 is 0. The van der Waals surface area contributed by atoms with Crippen LogP contribution in [0.3, 0.4) is 0 Å². The van der Waals surface area contributed by atoms with Crippen molar-refractivity contribution in [3.63, 3.8) is 0 Å². The minimum Gasteiger partial charge on any atom is -0.331 e. The van der Waals surface area contributed by atoms with Crippen molar-refractivity contribution in [1.82, 2.24) is 9.80 Å². The van der Waals surface area contributed by atoms with Crippen LogP contribution < -0.4 is 0 Å². The van der Waals surface area contributed by atoms with Crippen LogP contribution in [0.25, 0.3) is 0 Å². The number of amides is 2. The van der Waals surface area contributed by atoms with E-state index in [0.29, 0.717) is 11.8 Å². The van der Waals surface area contributed by atoms with Crippen LogP contribution in [0, 0.1) is 11.8 Å². The fraction of sp³-hybridized carbons (Fsp3) is 0.769. The second-order valence-electron chi connectivity index (χ2n) is 5.92. The lowest BCUT2D eigenvalue weighted by molar-refractivity contribution is -0.102. The number of carbonyl (C=O) groups is 2. The lowest BCUT2D eigenvalue weighted by Gasteiger charge is -2.25. The van der Waals surface area contributed by atoms with E-state index in [1.54, 1.807) is 19.0 Å². The zero-order chi connectivity index (χ0) is 13.3. The van der Waals surface area contributed by atoms with Crippen LogP contribution in [0.1, 0.15) is 19.8 Å². The molecule has 3 atom stereocenters. The molecule has 0 spiro atoms. The Labute approximate surface area is 108 Å². The summed E-state index contributed by atoms with van der Waals surface area (Å²) in [5.41, 5.74) is -0.108. The predicted molar refractivity (Wildman–Crippen MR) is 69.8 cm³/mol. The van der Waals surface area contributed by atoms with Gasteiger partial charge in [0.2, 0.25) is 0 Å². The molecule has 0 aromatic rings. The molecular weight excluding hydrogens is 230 g/mol. The Hall–Kier alpha value is -1.39. The number of nitrogens with zero attached hydrogens (tertiary/aromatic N) is 3. The van der Waals surface area contributed by atoms with Gasteiger partial charge in [-0.1, -0.05) is 0 Å². The molecule has 1 saturated heterocycles. The minimum absolute atomic E-state index is 0.0995. The molecule has 1 heterocycles. The van der Waals surface area contributed by atoms with Crippen molar-refractivity contribution >= 4 is 18.5 Å². The van der Waals surface area contributed by atoms with Gasteiger partial charge in [0.15, 0.2) is 6.29 Å². The zero-order valence-corrected chi connectivity index (χ0v) is 11.3. The summed E-state index contributed by atoms with van der Waals surface area (Å²) in [5, 5.41) is 0. The van der Waals surface area contributed by atoms with Gasteiger partial charge in [-0.3, -0.25) is 9.79 Å². The molecular formula is C13H21N3O2. The topological polar surface area (TPSA) is 53.0 Å². The van der Waals surface area contributed by atoms with Crippen LogP contribution in [-0.2, 0) is 4.79 Å². The van der Waals surface area contributed by atoms with E-state index >= 15 is 0 Å². The first kappa shape index (κ1) is 13.1. The molecule has 0 aromatic heterocycles. The average Bonchev–Trinajstić information content (AvgIpc) is 2.80. The van der Waals surface area contributed by atoms with Gasteiger partial charge in [-0.25, -0.2) is 4.79 Å². The van der Waals surface area contributed by atoms with Gasteiger partial charge in [-0.15, -0.1) is 0 Å². The second kappa shape index (κ2) is 4.71. The van der Waals surface area contributed by atoms with Gasteiger partial charge < -0.3 is 9.80 Å². The van der Waals surface area contributed by atoms with Crippen LogP contribution >= 0.6 is 0 Å². The van der Waals surface area contributed by atoms with Gasteiger partial charge in [0.25, 0.3) is 0 Å². The monoisotopic (exact) mass is 251 g/mol. The summed E-state index contributed by atoms with van der Waals surface area (Å²) in [6.07, 6.45) is 4.05. The standard InChI is InChI=1S/C13H21N3O2/c1-13(14-4-5-17)6-10-8-16(9-11(10)7-13)12(18)15(2)3/h4-5,10-11H,6-9H2,1-3H3/t10-,11+,13?. The molecule has 1 saturated carbocycles. The highest BCUT2D eigenvalue weighted by Crippen LogP contribution is 2.45. The van der Waals surface area contributed by atoms with Gasteiger partial charge in [-0.05, 0) is 31.6 Å². The first-order valence-electron chi connectivity index (χ1n) is 6.40. The first-order chi connectivity index (χ1) is 8.45. The maximum absolute atomic E-state index is 11.9. The quantitative estimate of drug-likeness (QED) is 0.544. The van der Waals surface area contributed by atoms with Crippen LogP contribution in [0.15, 0.2) is 4.99 Å². The molecule has 2 amide bonds. The van der Waals surface area contributed by atoms with E-state index in [9.17, 15) is 9.59 Å². The molecule has 1 aliphatic carbocycles. The Morgan fingerprint density at radius 2 is 1.89 bits per heavy atom. The highest BCUT2D eigenvalue weighted by Gasteiger charge is 2.47. The zero-order valence-electron chi connectivity index (χ0n) is 11.3. The summed E-state index contributed by atoms with van der Waals surface area (Å²) in [4.78, 5) is 30.2. The van der Waals surface area contributed by atoms with Crippen molar-refractivity contribution in [2.45, 2.75) is 25.3 Å². The maximum Gasteiger partial charge on any atom is 0.319 e. The number of urea groups is 1. The molecule has 5 nitrogen and oxygen atoms in total. The molecule has 5 heteroatoms. The van der Waals surface area contributed by atoms with Gasteiger partial charge in [0.1, 0.15) is 0 Å². The Morgan fingerprint density at radius 3 is 2.33 bits per heavy atom. The smallest absolute Gasteiger partial charge is 0.319 e. The third-order valence-corrected chi connectivity index (χ3v) is 4.08. The minimum atomic E-state index is -0.108. The lowest BCUT2D eigenvalue weighted by Crippen LogP contribution is -2.39. The second-order valence-corrected chi connectivity index (χ2v) is 5.92. The Balaban J connectivity index is 1.97. The Morgan fingerprint density at radius 1 is 1.33 bits per heavy atom. The van der Waals surface area contributed by atoms with Gasteiger partial charge in [-0.2, -0.15) is 0 Å². The Bertz CT molecular complexity index is 364. The van der Waals surface area contributed by atoms with E-state index in [4.69, 9.17) is 0 Å². The van der Waals surface area contributed by atoms with E-state index in [-0.39, 0.29) is 11.6 Å². The van der Waals surface area contributed by atoms with E-state index in [2.05, 4.69) is 11.9 Å². The van der Waals surface area contributed by atoms with E-state index < -0.39 is 0 Å². The van der Waals surface area contributed by atoms with Crippen LogP contribution in [-0.4, -0.2) is 61.1 Å². The molecule has 0 bridgehead atoms. The average molecular weight is 251 g/mol. The van der Waals surface area contributed by atoms with E-state index in [1.165, 1.54) is 6.21 Å². The van der Waals surface area contributed by atoms with Crippen LogP contribution in [0.2, 0.25) is 0 Å². The number of hydrogen-bond donors (Lipinski definition) is 0. The van der Waals surface area contributed by atoms with E-state index in [1.807, 2.05) is 4.90 Å². The molecule has 2 aliphatic rings. The van der Waals surface area contributed by atoms with Crippen molar-refractivity contribution in [2.75, 3.05) is 27.2 Å². The fourth-order valence-corrected chi connectivity index (χ4v) is 3.37. The van der Waals surface area contributed by atoms with Gasteiger partial charge >= 0.3 is 6.03 Å². The summed E-state index contributed by atoms with van der Waals surface area (Å²) >= 11 is 0. The molecule has 0 N–H and O–H groups in total. The lowest BCUT2D eigenvalue weighted by atomic mass is 9.99. The molecule has 0 radical (unpaired) electrons. The number of hydrogen-bond acceptors (Lipinski definition) is 3. The summed E-state index contributed by atoms with van der Waals surface area (Å²) in [6, 6.07) is 0.0995. The van der Waals surface area contributed by atoms with Crippen molar-refractivity contribution < 1.29 is 9.59 Å². The Kier molecular flexibility index (Phi) is 3.41. The molecule has 18 heavy (non-hydrogen) atoms. The van der Waals surface area contributed by atoms with Crippen LogP contribution in [0.4, 0.5) is 4.79 Å². The first-order valence-corrected chi connectivity index (χ1v) is 6.40. The van der Waals surface area contributed by atoms with Gasteiger partial charge in [0, 0.05) is 27.2 Å². The maximum atomic E-state index is 11.9. The van der Waals surface area contributed by atoms with Crippen molar-refractivity contribution in [2.24, 2.45) is 16.8 Å². The number of aldehydes is 1. The number of rotatable bonds is 2. The van der Waals surface area contributed by atoms with Crippen molar-refractivity contribution in [1.29, 1.82) is 0 Å². The SMILES string of the molecule is CN(C)C(=O)N1C[C@@H]2CC(C)(N=CC=O)C[C@@H]2C1. The molecule has 2 fully saturated rings. The highest BCUT2D eigenvalue weighted by atomic mass is 16.2. The highest BCUT2D eigenvalue weighted by molar-refractivity contribution is 6.13. The summed E-state index contributed by atoms with van der Waals surface area (Å²) in [5.74, 6) is 1.06. The third-order valence-electron chi connectivity index (χ3n) is 4.08. The number of carbonyl (C=O) groups excluding carboxylic acids is 2. The predicted octanol–water partition coefficient (Wildman–Crippen LogP) is 1.04. The van der Waals surface area contributed by atoms with E-state index in [0.717, 1.165) is 32.2 Å². The van der Waals surface area contributed by atoms with Crippen molar-refractivity contribution in [3.8, 4) is 0 Å².